The number of imide groups is 1. The monoisotopic (exact) mass is 442 g/mol. The molecule has 31 heavy (non-hydrogen) atoms. The van der Waals surface area contributed by atoms with Gasteiger partial charge in [0.1, 0.15) is 11.5 Å². The van der Waals surface area contributed by atoms with E-state index in [9.17, 15) is 19.2 Å². The number of benzene rings is 1. The third-order valence-corrected chi connectivity index (χ3v) is 6.32. The van der Waals surface area contributed by atoms with Crippen LogP contribution in [0.1, 0.15) is 62.3 Å². The number of rotatable bonds is 5. The van der Waals surface area contributed by atoms with Crippen molar-refractivity contribution in [2.24, 2.45) is 0 Å². The van der Waals surface area contributed by atoms with Gasteiger partial charge in [-0.1, -0.05) is 12.1 Å². The van der Waals surface area contributed by atoms with E-state index in [2.05, 4.69) is 5.32 Å². The summed E-state index contributed by atoms with van der Waals surface area (Å²) >= 11 is 1.25. The summed E-state index contributed by atoms with van der Waals surface area (Å²) in [6.45, 7) is 5.66. The zero-order valence-electron chi connectivity index (χ0n) is 17.4. The Balaban J connectivity index is 1.58. The van der Waals surface area contributed by atoms with Gasteiger partial charge in [0.25, 0.3) is 11.8 Å². The summed E-state index contributed by atoms with van der Waals surface area (Å²) in [6.07, 6.45) is 0.501. The minimum Gasteiger partial charge on any atom is -0.462 e. The number of nitrogens with one attached hydrogen (secondary N) is 1. The Labute approximate surface area is 183 Å². The first-order valence-electron chi connectivity index (χ1n) is 9.92. The van der Waals surface area contributed by atoms with Crippen LogP contribution in [-0.4, -0.2) is 47.3 Å². The molecule has 0 saturated heterocycles. The molecule has 2 aromatic rings. The number of esters is 1. The third-order valence-electron chi connectivity index (χ3n) is 5.20. The first kappa shape index (κ1) is 21.2. The molecule has 0 aliphatic carbocycles. The first-order chi connectivity index (χ1) is 14.7. The van der Waals surface area contributed by atoms with Crippen LogP contribution in [0, 0.1) is 0 Å². The lowest BCUT2D eigenvalue weighted by Gasteiger charge is -2.30. The highest BCUT2D eigenvalue weighted by Crippen LogP contribution is 2.40. The van der Waals surface area contributed by atoms with Gasteiger partial charge in [-0.15, -0.1) is 11.3 Å². The molecule has 0 radical (unpaired) electrons. The van der Waals surface area contributed by atoms with Gasteiger partial charge in [0.05, 0.1) is 35.5 Å². The summed E-state index contributed by atoms with van der Waals surface area (Å²) in [6, 6.07) is 6.45. The number of hydrogen-bond donors (Lipinski definition) is 1. The lowest BCUT2D eigenvalue weighted by Crippen LogP contribution is -2.37. The predicted molar refractivity (Wildman–Crippen MR) is 113 cm³/mol. The van der Waals surface area contributed by atoms with Gasteiger partial charge in [-0.2, -0.15) is 0 Å². The molecular formula is C22H22N2O6S. The fourth-order valence-electron chi connectivity index (χ4n) is 3.75. The number of hydrogen-bond acceptors (Lipinski definition) is 7. The van der Waals surface area contributed by atoms with Crippen molar-refractivity contribution >= 4 is 40.0 Å². The van der Waals surface area contributed by atoms with Crippen molar-refractivity contribution in [1.82, 2.24) is 4.90 Å². The number of ether oxygens (including phenoxy) is 2. The Morgan fingerprint density at radius 3 is 2.45 bits per heavy atom. The molecule has 0 bridgehead atoms. The van der Waals surface area contributed by atoms with Crippen LogP contribution in [0.25, 0.3) is 0 Å². The normalized spacial score (nSPS) is 16.7. The van der Waals surface area contributed by atoms with Crippen LogP contribution in [0.4, 0.5) is 5.00 Å². The van der Waals surface area contributed by atoms with Crippen LogP contribution in [-0.2, 0) is 27.3 Å². The summed E-state index contributed by atoms with van der Waals surface area (Å²) in [7, 11) is 0. The Morgan fingerprint density at radius 1 is 1.19 bits per heavy atom. The minimum absolute atomic E-state index is 0.200. The van der Waals surface area contributed by atoms with Crippen molar-refractivity contribution in [2.75, 3.05) is 18.5 Å². The number of fused-ring (bicyclic) bond motifs is 2. The van der Waals surface area contributed by atoms with Crippen LogP contribution in [0.3, 0.4) is 0 Å². The maximum Gasteiger partial charge on any atom is 0.341 e. The molecule has 2 aliphatic heterocycles. The standard InChI is InChI=1S/C22H22N2O6S/c1-4-29-21(28)17-14-9-22(2,3)30-11-15(14)31-18(17)23-16(25)10-24-19(26)12-7-5-6-8-13(12)20(24)27/h5-8H,4,9-11H2,1-3H3,(H,23,25). The predicted octanol–water partition coefficient (Wildman–Crippen LogP) is 3.01. The van der Waals surface area contributed by atoms with Crippen molar-refractivity contribution in [3.63, 3.8) is 0 Å². The van der Waals surface area contributed by atoms with Crippen molar-refractivity contribution in [2.45, 2.75) is 39.4 Å². The van der Waals surface area contributed by atoms with Crippen molar-refractivity contribution in [3.05, 3.63) is 51.4 Å². The van der Waals surface area contributed by atoms with E-state index >= 15 is 0 Å². The Morgan fingerprint density at radius 2 is 1.84 bits per heavy atom. The molecule has 0 saturated carbocycles. The van der Waals surface area contributed by atoms with Crippen LogP contribution < -0.4 is 5.32 Å². The molecule has 0 fully saturated rings. The van der Waals surface area contributed by atoms with E-state index < -0.39 is 35.8 Å². The average molecular weight is 442 g/mol. The van der Waals surface area contributed by atoms with Gasteiger partial charge in [0.2, 0.25) is 5.91 Å². The lowest BCUT2D eigenvalue weighted by atomic mass is 9.93. The summed E-state index contributed by atoms with van der Waals surface area (Å²) in [5, 5.41) is 3.05. The van der Waals surface area contributed by atoms with E-state index in [0.29, 0.717) is 23.6 Å². The lowest BCUT2D eigenvalue weighted by molar-refractivity contribution is -0.116. The Kier molecular flexibility index (Phi) is 5.40. The second-order valence-electron chi connectivity index (χ2n) is 7.94. The fraction of sp³-hybridized carbons (Fsp3) is 0.364. The van der Waals surface area contributed by atoms with Gasteiger partial charge in [0.15, 0.2) is 0 Å². The largest absolute Gasteiger partial charge is 0.462 e. The van der Waals surface area contributed by atoms with Crippen LogP contribution in [0.2, 0.25) is 0 Å². The van der Waals surface area contributed by atoms with Gasteiger partial charge in [0, 0.05) is 11.3 Å². The maximum atomic E-state index is 12.7. The van der Waals surface area contributed by atoms with Crippen molar-refractivity contribution in [1.29, 1.82) is 0 Å². The SMILES string of the molecule is CCOC(=O)c1c(NC(=O)CN2C(=O)c3ccccc3C2=O)sc2c1CC(C)(C)OC2. The number of carbonyl (C=O) groups excluding carboxylic acids is 4. The van der Waals surface area contributed by atoms with E-state index in [1.807, 2.05) is 13.8 Å². The second kappa shape index (κ2) is 7.90. The van der Waals surface area contributed by atoms with E-state index in [0.717, 1.165) is 15.3 Å². The average Bonchev–Trinajstić information content (AvgIpc) is 3.17. The molecule has 1 aromatic carbocycles. The van der Waals surface area contributed by atoms with E-state index in [1.54, 1.807) is 31.2 Å². The highest BCUT2D eigenvalue weighted by atomic mass is 32.1. The van der Waals surface area contributed by atoms with Gasteiger partial charge < -0.3 is 14.8 Å². The van der Waals surface area contributed by atoms with E-state index in [1.165, 1.54) is 11.3 Å². The minimum atomic E-state index is -0.571. The summed E-state index contributed by atoms with van der Waals surface area (Å²) in [5.74, 6) is -2.11. The van der Waals surface area contributed by atoms with Crippen LogP contribution in [0.15, 0.2) is 24.3 Å². The molecule has 0 atom stereocenters. The second-order valence-corrected chi connectivity index (χ2v) is 9.05. The van der Waals surface area contributed by atoms with Gasteiger partial charge in [-0.25, -0.2) is 4.79 Å². The maximum absolute atomic E-state index is 12.7. The van der Waals surface area contributed by atoms with Crippen LogP contribution in [0.5, 0.6) is 0 Å². The number of carbonyl (C=O) groups is 4. The number of amides is 3. The molecule has 3 heterocycles. The van der Waals surface area contributed by atoms with Gasteiger partial charge >= 0.3 is 5.97 Å². The Bertz CT molecular complexity index is 1070. The number of nitrogens with zero attached hydrogens (tertiary/aromatic N) is 1. The van der Waals surface area contributed by atoms with E-state index in [-0.39, 0.29) is 17.7 Å². The molecule has 1 N–H and O–H groups in total. The summed E-state index contributed by atoms with van der Waals surface area (Å²) in [5.41, 5.74) is 1.22. The van der Waals surface area contributed by atoms with Crippen molar-refractivity contribution < 1.29 is 28.7 Å². The van der Waals surface area contributed by atoms with E-state index in [4.69, 9.17) is 9.47 Å². The molecule has 9 heteroatoms. The topological polar surface area (TPSA) is 102 Å². The summed E-state index contributed by atoms with van der Waals surface area (Å²) in [4.78, 5) is 52.2. The molecular weight excluding hydrogens is 420 g/mol. The highest BCUT2D eigenvalue weighted by Gasteiger charge is 2.38. The smallest absolute Gasteiger partial charge is 0.341 e. The molecule has 0 unspecified atom stereocenters. The fourth-order valence-corrected chi connectivity index (χ4v) is 4.89. The van der Waals surface area contributed by atoms with Crippen molar-refractivity contribution in [3.8, 4) is 0 Å². The molecule has 1 aromatic heterocycles. The molecule has 2 aliphatic rings. The zero-order chi connectivity index (χ0) is 22.3. The molecule has 3 amide bonds. The molecule has 4 rings (SSSR count). The molecule has 0 spiro atoms. The molecule has 162 valence electrons. The first-order valence-corrected chi connectivity index (χ1v) is 10.7. The zero-order valence-corrected chi connectivity index (χ0v) is 18.3. The van der Waals surface area contributed by atoms with Crippen LogP contribution >= 0.6 is 11.3 Å². The molecule has 8 nitrogen and oxygen atoms in total. The Hall–Kier alpha value is -3.04. The quantitative estimate of drug-likeness (QED) is 0.564. The summed E-state index contributed by atoms with van der Waals surface area (Å²) < 4.78 is 11.0. The van der Waals surface area contributed by atoms with Gasteiger partial charge in [-0.05, 0) is 38.5 Å². The number of anilines is 1. The highest BCUT2D eigenvalue weighted by molar-refractivity contribution is 7.17. The van der Waals surface area contributed by atoms with Gasteiger partial charge in [-0.3, -0.25) is 19.3 Å². The number of thiophene rings is 1. The third kappa shape index (κ3) is 3.86.